The molecule has 488 valence electrons. The van der Waals surface area contributed by atoms with Gasteiger partial charge in [0.05, 0.1) is 63.9 Å². The first-order chi connectivity index (χ1) is 39.7. The lowest BCUT2D eigenvalue weighted by molar-refractivity contribution is -0.350. The second-order valence-corrected chi connectivity index (χ2v) is 26.2. The van der Waals surface area contributed by atoms with Gasteiger partial charge in [-0.2, -0.15) is 11.8 Å². The Morgan fingerprint density at radius 2 is 0.880 bits per heavy atom. The molecule has 5 rings (SSSR count). The maximum absolute atomic E-state index is 11.0. The molecule has 5 heterocycles. The van der Waals surface area contributed by atoms with E-state index in [-0.39, 0.29) is 51.3 Å². The van der Waals surface area contributed by atoms with Gasteiger partial charge in [-0.05, 0) is 48.7 Å². The molecule has 0 radical (unpaired) electrons. The van der Waals surface area contributed by atoms with E-state index in [9.17, 15) is 86.8 Å². The Morgan fingerprint density at radius 1 is 0.470 bits per heavy atom. The van der Waals surface area contributed by atoms with Crippen LogP contribution in [0, 0.1) is 11.3 Å². The van der Waals surface area contributed by atoms with Crippen LogP contribution in [0.5, 0.6) is 0 Å². The summed E-state index contributed by atoms with van der Waals surface area (Å²) in [6.07, 6.45) is -27.0. The molecule has 0 aromatic carbocycles. The van der Waals surface area contributed by atoms with Crippen LogP contribution >= 0.6 is 59.3 Å². The van der Waals surface area contributed by atoms with Crippen molar-refractivity contribution in [1.82, 2.24) is 10.6 Å². The van der Waals surface area contributed by atoms with E-state index < -0.39 is 183 Å². The summed E-state index contributed by atoms with van der Waals surface area (Å²) >= 11 is 10.7. The second kappa shape index (κ2) is 37.4. The van der Waals surface area contributed by atoms with Crippen LogP contribution in [0.1, 0.15) is 26.2 Å². The highest BCUT2D eigenvalue weighted by molar-refractivity contribution is 8.00. The molecule has 5 aliphatic rings. The number of aliphatic hydroxyl groups excluding tert-OH is 17. The van der Waals surface area contributed by atoms with Gasteiger partial charge in [-0.3, -0.25) is 0 Å². The molecule has 0 aromatic rings. The van der Waals surface area contributed by atoms with Gasteiger partial charge in [0, 0.05) is 57.4 Å². The smallest absolute Gasteiger partial charge is 0.186 e. The molecular weight excluding hydrogens is 1210 g/mol. The molecule has 83 heavy (non-hydrogen) atoms. The Balaban J connectivity index is 1.19. The molecule has 19 N–H and O–H groups in total. The normalized spacial score (nSPS) is 40.4. The van der Waals surface area contributed by atoms with E-state index in [0.29, 0.717) is 54.6 Å². The molecule has 14 unspecified atom stereocenters. The van der Waals surface area contributed by atoms with Crippen molar-refractivity contribution in [3.63, 3.8) is 0 Å². The zero-order chi connectivity index (χ0) is 61.0. The summed E-state index contributed by atoms with van der Waals surface area (Å²) < 4.78 is 58.2. The van der Waals surface area contributed by atoms with Gasteiger partial charge in [0.2, 0.25) is 0 Å². The molecule has 0 aromatic heterocycles. The number of rotatable bonds is 35. The van der Waals surface area contributed by atoms with Crippen LogP contribution in [0.25, 0.3) is 0 Å². The van der Waals surface area contributed by atoms with E-state index in [1.54, 1.807) is 6.92 Å². The molecule has 0 saturated carbocycles. The minimum Gasteiger partial charge on any atom is -0.394 e. The molecule has 5 saturated heterocycles. The SMILES string of the molecule is CO[C@@H]1OC(CO)C(O[C@@H]2OC(CSCCNC(=S)NCC(COCCCS[C@@H]3OC(CO)[C@H](O)[C@H](O)C3O)(COCCCS[C@@H]3OC(CO)[C@H](O)[C@H](O)C3O)COCCCS[C@@H]3OC(CO)[C@H](O)[C@H](O)C3O)C(C)C(O)C2O)C(O)C1O. The summed E-state index contributed by atoms with van der Waals surface area (Å²) in [5.74, 6) is 1.42. The van der Waals surface area contributed by atoms with E-state index in [4.69, 9.17) is 59.6 Å². The van der Waals surface area contributed by atoms with Crippen LogP contribution in [-0.4, -0.2) is 352 Å². The monoisotopic (exact) mass is 1300 g/mol. The van der Waals surface area contributed by atoms with Crippen molar-refractivity contribution in [2.45, 2.75) is 171 Å². The van der Waals surface area contributed by atoms with Gasteiger partial charge in [0.15, 0.2) is 17.7 Å². The predicted molar refractivity (Wildman–Crippen MR) is 303 cm³/mol. The van der Waals surface area contributed by atoms with E-state index in [2.05, 4.69) is 10.6 Å². The molecule has 25 atom stereocenters. The third kappa shape index (κ3) is 21.0. The number of aliphatic hydroxyl groups is 17. The molecule has 29 nitrogen and oxygen atoms in total. The van der Waals surface area contributed by atoms with Crippen LogP contribution in [0.3, 0.4) is 0 Å². The predicted octanol–water partition coefficient (Wildman–Crippen LogP) is -7.46. The van der Waals surface area contributed by atoms with Gasteiger partial charge in [0.1, 0.15) is 120 Å². The second-order valence-electron chi connectivity index (χ2n) is 21.0. The van der Waals surface area contributed by atoms with Crippen molar-refractivity contribution in [2.75, 3.05) is 115 Å². The molecule has 5 aliphatic heterocycles. The maximum atomic E-state index is 11.0. The molecule has 0 aliphatic carbocycles. The summed E-state index contributed by atoms with van der Waals surface area (Å²) in [4.78, 5) is 0. The Labute approximate surface area is 504 Å². The summed E-state index contributed by atoms with van der Waals surface area (Å²) in [5.41, 5.74) is -3.74. The first-order valence-electron chi connectivity index (χ1n) is 27.6. The highest BCUT2D eigenvalue weighted by Crippen LogP contribution is 2.35. The molecular formula is C49H90N2O27S5. The van der Waals surface area contributed by atoms with Crippen molar-refractivity contribution in [3.8, 4) is 0 Å². The van der Waals surface area contributed by atoms with Gasteiger partial charge in [-0.15, -0.1) is 35.3 Å². The van der Waals surface area contributed by atoms with Crippen molar-refractivity contribution >= 4 is 64.4 Å². The molecule has 34 heteroatoms. The zero-order valence-corrected chi connectivity index (χ0v) is 50.4. The summed E-state index contributed by atoms with van der Waals surface area (Å²) in [7, 11) is 1.26. The van der Waals surface area contributed by atoms with Gasteiger partial charge >= 0.3 is 0 Å². The fourth-order valence-electron chi connectivity index (χ4n) is 9.55. The number of ether oxygens (including phenoxy) is 10. The highest BCUT2D eigenvalue weighted by Gasteiger charge is 2.51. The van der Waals surface area contributed by atoms with Gasteiger partial charge in [0.25, 0.3) is 0 Å². The van der Waals surface area contributed by atoms with Crippen molar-refractivity contribution in [2.24, 2.45) is 11.3 Å². The third-order valence-electron chi connectivity index (χ3n) is 14.8. The lowest BCUT2D eigenvalue weighted by Gasteiger charge is -2.46. The topological polar surface area (TPSA) is 460 Å². The van der Waals surface area contributed by atoms with Gasteiger partial charge in [-0.1, -0.05) is 6.92 Å². The van der Waals surface area contributed by atoms with Crippen LogP contribution in [0.2, 0.25) is 0 Å². The van der Waals surface area contributed by atoms with Crippen LogP contribution in [0.4, 0.5) is 0 Å². The fraction of sp³-hybridized carbons (Fsp3) is 0.980. The first-order valence-corrected chi connectivity index (χ1v) is 32.3. The van der Waals surface area contributed by atoms with E-state index in [1.807, 2.05) is 0 Å². The minimum absolute atomic E-state index is 0.0505. The number of hydrogen-bond acceptors (Lipinski definition) is 32. The molecule has 0 bridgehead atoms. The summed E-state index contributed by atoms with van der Waals surface area (Å²) in [5, 5.41) is 182. The average Bonchev–Trinajstić information content (AvgIpc) is 3.68. The van der Waals surface area contributed by atoms with Gasteiger partial charge in [-0.25, -0.2) is 0 Å². The Hall–Kier alpha value is 0.01000. The minimum atomic E-state index is -1.59. The van der Waals surface area contributed by atoms with E-state index in [1.165, 1.54) is 54.2 Å². The standard InChI is InChI=1S/C49H90N2O27S5/c1-23-28(74-44(37(64)29(23)56)78-42-27(17-55)73-43(69-2)38(65)36(42)63)18-80-13-6-50-48(79)51-19-49(20-70-7-3-10-81-45-39(66)33(60)30(57)24(14-52)75-45,21-71-8-4-11-82-46-40(67)34(61)31(58)25(15-53)76-46)22-72-9-5-12-83-47-41(68)35(62)32(59)26(16-54)77-47/h23-47,52-68H,3-22H2,1-2H3,(H2,50,51,79)/t23?,24?,25?,26?,27?,28?,29?,30-,31-,32-,33-,34-,35-,36?,37?,38?,39?,40?,41?,42?,43+,44-,45-,46-,47-,49?/m0/s1. The zero-order valence-electron chi connectivity index (χ0n) is 46.3. The third-order valence-corrected chi connectivity index (χ3v) is 19.8. The van der Waals surface area contributed by atoms with E-state index >= 15 is 0 Å². The Morgan fingerprint density at radius 3 is 1.29 bits per heavy atom. The quantitative estimate of drug-likeness (QED) is 0.0207. The lowest BCUT2D eigenvalue weighted by Crippen LogP contribution is -2.63. The number of nitrogens with one attached hydrogen (secondary N) is 2. The summed E-state index contributed by atoms with van der Waals surface area (Å²) in [6.45, 7) is 0.624. The van der Waals surface area contributed by atoms with Crippen molar-refractivity contribution in [1.29, 1.82) is 0 Å². The molecule has 5 fully saturated rings. The van der Waals surface area contributed by atoms with Crippen LogP contribution in [0.15, 0.2) is 0 Å². The van der Waals surface area contributed by atoms with Gasteiger partial charge < -0.3 is 145 Å². The Kier molecular flexibility index (Phi) is 33.2. The number of thioether (sulfide) groups is 4. The number of methoxy groups -OCH3 is 1. The molecule has 0 amide bonds. The average molecular weight is 1300 g/mol. The first kappa shape index (κ1) is 73.7. The molecule has 0 spiro atoms. The van der Waals surface area contributed by atoms with Crippen molar-refractivity contribution in [3.05, 3.63) is 0 Å². The number of hydrogen-bond donors (Lipinski definition) is 19. The van der Waals surface area contributed by atoms with Crippen molar-refractivity contribution < 1.29 is 134 Å². The summed E-state index contributed by atoms with van der Waals surface area (Å²) in [6, 6.07) is 0. The number of thiocarbonyl (C=S) groups is 1. The lowest BCUT2D eigenvalue weighted by atomic mass is 9.90. The Bertz CT molecular complexity index is 1690. The fourth-order valence-corrected chi connectivity index (χ4v) is 14.0. The van der Waals surface area contributed by atoms with Crippen LogP contribution < -0.4 is 10.6 Å². The largest absolute Gasteiger partial charge is 0.394 e. The van der Waals surface area contributed by atoms with Crippen LogP contribution in [-0.2, 0) is 47.4 Å². The maximum Gasteiger partial charge on any atom is 0.186 e. The van der Waals surface area contributed by atoms with E-state index in [0.717, 1.165) is 0 Å². The highest BCUT2D eigenvalue weighted by atomic mass is 32.2.